The molecule has 0 amide bonds. The van der Waals surface area contributed by atoms with E-state index < -0.39 is 0 Å². The molecule has 0 aliphatic rings. The molecule has 11 nitrogen and oxygen atoms in total. The molecular formula is C57H31N11. The van der Waals surface area contributed by atoms with Gasteiger partial charge in [-0.3, -0.25) is 39.9 Å². The predicted molar refractivity (Wildman–Crippen MR) is 269 cm³/mol. The van der Waals surface area contributed by atoms with Crippen molar-refractivity contribution < 1.29 is 0 Å². The minimum Gasteiger partial charge on any atom is -0.256 e. The molecule has 0 spiro atoms. The maximum Gasteiger partial charge on any atom is 0.164 e. The molecule has 0 atom stereocenters. The van der Waals surface area contributed by atoms with Crippen LogP contribution in [-0.2, 0) is 0 Å². The van der Waals surface area contributed by atoms with Gasteiger partial charge in [-0.2, -0.15) is 0 Å². The Balaban J connectivity index is 1.07. The highest BCUT2D eigenvalue weighted by atomic mass is 15.0. The van der Waals surface area contributed by atoms with Crippen LogP contribution in [0.3, 0.4) is 0 Å². The fraction of sp³-hybridized carbons (Fsp3) is 0. The Morgan fingerprint density at radius 2 is 0.603 bits per heavy atom. The van der Waals surface area contributed by atoms with Gasteiger partial charge in [0.1, 0.15) is 0 Å². The van der Waals surface area contributed by atoms with Crippen LogP contribution >= 0.6 is 0 Å². The largest absolute Gasteiger partial charge is 0.256 e. The molecule has 0 aliphatic heterocycles. The summed E-state index contributed by atoms with van der Waals surface area (Å²) >= 11 is 0. The van der Waals surface area contributed by atoms with Crippen LogP contribution in [0.15, 0.2) is 189 Å². The van der Waals surface area contributed by atoms with Gasteiger partial charge >= 0.3 is 0 Å². The summed E-state index contributed by atoms with van der Waals surface area (Å²) in [6, 6.07) is 47.8. The summed E-state index contributed by atoms with van der Waals surface area (Å²) in [6.45, 7) is 0. The molecule has 0 bridgehead atoms. The van der Waals surface area contributed by atoms with Crippen LogP contribution in [0, 0.1) is 0 Å². The lowest BCUT2D eigenvalue weighted by molar-refractivity contribution is 1.08. The second-order valence-electron chi connectivity index (χ2n) is 16.8. The van der Waals surface area contributed by atoms with E-state index in [-0.39, 0.29) is 0 Å². The average molecular weight is 870 g/mol. The molecule has 14 rings (SSSR count). The van der Waals surface area contributed by atoms with Crippen molar-refractivity contribution >= 4 is 87.2 Å². The van der Waals surface area contributed by atoms with E-state index in [1.807, 2.05) is 49.1 Å². The Bertz CT molecular complexity index is 4040. The molecule has 0 unspecified atom stereocenters. The van der Waals surface area contributed by atoms with E-state index in [4.69, 9.17) is 34.9 Å². The summed E-state index contributed by atoms with van der Waals surface area (Å²) in [5.41, 5.74) is 12.9. The van der Waals surface area contributed by atoms with Gasteiger partial charge in [0.05, 0.1) is 44.1 Å². The number of rotatable bonds is 5. The maximum absolute atomic E-state index is 5.37. The molecule has 7 heterocycles. The Morgan fingerprint density at radius 3 is 1.07 bits per heavy atom. The minimum absolute atomic E-state index is 0.494. The zero-order valence-electron chi connectivity index (χ0n) is 35.8. The van der Waals surface area contributed by atoms with Gasteiger partial charge in [0.2, 0.25) is 0 Å². The molecule has 0 fully saturated rings. The van der Waals surface area contributed by atoms with E-state index in [2.05, 4.69) is 135 Å². The van der Waals surface area contributed by atoms with Gasteiger partial charge in [0, 0.05) is 98.9 Å². The number of hydrogen-bond acceptors (Lipinski definition) is 11. The maximum atomic E-state index is 5.37. The highest BCUT2D eigenvalue weighted by Gasteiger charge is 2.21. The van der Waals surface area contributed by atoms with Gasteiger partial charge in [-0.25, -0.2) is 15.0 Å². The van der Waals surface area contributed by atoms with Crippen molar-refractivity contribution in [3.05, 3.63) is 189 Å². The minimum atomic E-state index is 0.494. The van der Waals surface area contributed by atoms with E-state index in [1.54, 1.807) is 24.8 Å². The van der Waals surface area contributed by atoms with Crippen molar-refractivity contribution in [1.82, 2.24) is 54.8 Å². The van der Waals surface area contributed by atoms with Gasteiger partial charge < -0.3 is 0 Å². The quantitative estimate of drug-likeness (QED) is 0.153. The summed E-state index contributed by atoms with van der Waals surface area (Å²) in [4.78, 5) is 53.9. The van der Waals surface area contributed by atoms with Crippen molar-refractivity contribution in [3.63, 3.8) is 0 Å². The van der Waals surface area contributed by atoms with E-state index in [0.29, 0.717) is 17.5 Å². The lowest BCUT2D eigenvalue weighted by Gasteiger charge is -2.16. The van der Waals surface area contributed by atoms with Crippen molar-refractivity contribution in [3.8, 4) is 56.4 Å². The van der Waals surface area contributed by atoms with Gasteiger partial charge in [-0.05, 0) is 124 Å². The Labute approximate surface area is 386 Å². The molecule has 0 saturated carbocycles. The molecule has 11 heteroatoms. The van der Waals surface area contributed by atoms with Crippen LogP contribution in [0.2, 0.25) is 0 Å². The number of benzene rings is 7. The molecule has 14 aromatic rings. The standard InChI is InChI=1S/C57H31N11/c1-5-34-28-45-43(7-3-13-58-45)51(53(34)64-15-1)40-23-41(52-44-8-4-14-59-46(44)29-35-6-2-16-65-54(35)52)25-42(24-40)57-67-55(36-11-9-32-26-47-49(30-38(32)21-36)62-19-17-60-47)66-56(68-57)37-12-10-33-27-48-50(31-39(33)22-37)63-20-18-61-48/h1-31H. The molecule has 68 heavy (non-hydrogen) atoms. The average Bonchev–Trinajstić information content (AvgIpc) is 3.39. The highest BCUT2D eigenvalue weighted by molar-refractivity contribution is 6.13. The SMILES string of the molecule is c1cnc2c(-c3cc(-c4nc(-c5ccc6cc7nccnc7cc6c5)nc(-c5ccc6cc7nccnc7cc6c5)n4)cc(-c4c5cccnc5cc5cccnc45)c3)c3cccnc3cc2c1. The lowest BCUT2D eigenvalue weighted by Crippen LogP contribution is -2.01. The predicted octanol–water partition coefficient (Wildman–Crippen LogP) is 12.6. The van der Waals surface area contributed by atoms with Crippen molar-refractivity contribution in [2.75, 3.05) is 0 Å². The van der Waals surface area contributed by atoms with Crippen molar-refractivity contribution in [1.29, 1.82) is 0 Å². The normalized spacial score (nSPS) is 11.8. The van der Waals surface area contributed by atoms with Gasteiger partial charge in [-0.15, -0.1) is 0 Å². The molecule has 7 aromatic heterocycles. The smallest absolute Gasteiger partial charge is 0.164 e. The zero-order chi connectivity index (χ0) is 44.7. The van der Waals surface area contributed by atoms with Crippen molar-refractivity contribution in [2.45, 2.75) is 0 Å². The lowest BCUT2D eigenvalue weighted by atomic mass is 9.90. The van der Waals surface area contributed by atoms with E-state index in [9.17, 15) is 0 Å². The molecule has 314 valence electrons. The van der Waals surface area contributed by atoms with Crippen molar-refractivity contribution in [2.24, 2.45) is 0 Å². The Morgan fingerprint density at radius 1 is 0.235 bits per heavy atom. The second kappa shape index (κ2) is 15.0. The highest BCUT2D eigenvalue weighted by Crippen LogP contribution is 2.42. The summed E-state index contributed by atoms with van der Waals surface area (Å²) in [7, 11) is 0. The van der Waals surface area contributed by atoms with E-state index >= 15 is 0 Å². The van der Waals surface area contributed by atoms with Gasteiger partial charge in [0.15, 0.2) is 17.5 Å². The number of aromatic nitrogens is 11. The third-order valence-corrected chi connectivity index (χ3v) is 12.7. The summed E-state index contributed by atoms with van der Waals surface area (Å²) < 4.78 is 0. The summed E-state index contributed by atoms with van der Waals surface area (Å²) in [6.07, 6.45) is 14.2. The molecular weight excluding hydrogens is 839 g/mol. The second-order valence-corrected chi connectivity index (χ2v) is 16.8. The fourth-order valence-electron chi connectivity index (χ4n) is 9.61. The first-order chi connectivity index (χ1) is 33.6. The van der Waals surface area contributed by atoms with Crippen LogP contribution in [0.4, 0.5) is 0 Å². The third-order valence-electron chi connectivity index (χ3n) is 12.7. The molecule has 7 aromatic carbocycles. The number of pyridine rings is 4. The first-order valence-corrected chi connectivity index (χ1v) is 22.1. The Hall–Kier alpha value is -9.61. The molecule has 0 radical (unpaired) electrons. The topological polar surface area (TPSA) is 142 Å². The van der Waals surface area contributed by atoms with Crippen LogP contribution in [0.1, 0.15) is 0 Å². The van der Waals surface area contributed by atoms with E-state index in [1.165, 1.54) is 0 Å². The third kappa shape index (κ3) is 6.25. The van der Waals surface area contributed by atoms with Crippen LogP contribution in [-0.4, -0.2) is 54.8 Å². The first kappa shape index (κ1) is 37.7. The number of nitrogens with zero attached hydrogens (tertiary/aromatic N) is 11. The molecule has 0 N–H and O–H groups in total. The van der Waals surface area contributed by atoms with E-state index in [0.717, 1.165) is 126 Å². The molecule has 0 aliphatic carbocycles. The monoisotopic (exact) mass is 869 g/mol. The number of hydrogen-bond donors (Lipinski definition) is 0. The summed E-state index contributed by atoms with van der Waals surface area (Å²) in [5.74, 6) is 1.53. The Kier molecular flexibility index (Phi) is 8.31. The molecule has 0 saturated heterocycles. The van der Waals surface area contributed by atoms with Crippen LogP contribution < -0.4 is 0 Å². The summed E-state index contributed by atoms with van der Waals surface area (Å²) in [5, 5.41) is 7.98. The van der Waals surface area contributed by atoms with Gasteiger partial charge in [0.25, 0.3) is 0 Å². The number of fused-ring (bicyclic) bond motifs is 8. The zero-order valence-corrected chi connectivity index (χ0v) is 35.8. The first-order valence-electron chi connectivity index (χ1n) is 22.1. The van der Waals surface area contributed by atoms with Gasteiger partial charge in [-0.1, -0.05) is 48.5 Å². The van der Waals surface area contributed by atoms with Crippen LogP contribution in [0.25, 0.3) is 144 Å². The van der Waals surface area contributed by atoms with Crippen LogP contribution in [0.5, 0.6) is 0 Å². The fourth-order valence-corrected chi connectivity index (χ4v) is 9.61.